The summed E-state index contributed by atoms with van der Waals surface area (Å²) in [5.41, 5.74) is 4.89. The summed E-state index contributed by atoms with van der Waals surface area (Å²) in [7, 11) is 0. The Labute approximate surface area is 177 Å². The molecule has 1 aliphatic heterocycles. The average molecular weight is 404 g/mol. The molecule has 6 heteroatoms. The molecule has 1 aromatic carbocycles. The predicted octanol–water partition coefficient (Wildman–Crippen LogP) is 4.12. The Bertz CT molecular complexity index is 1040. The van der Waals surface area contributed by atoms with E-state index in [1.165, 1.54) is 24.0 Å². The van der Waals surface area contributed by atoms with Gasteiger partial charge in [-0.1, -0.05) is 12.1 Å². The van der Waals surface area contributed by atoms with Gasteiger partial charge in [-0.3, -0.25) is 4.79 Å². The zero-order chi connectivity index (χ0) is 20.3. The standard InChI is InChI=1S/C24H29N5O/c30-19(14-26-22-9-3-7-18-6-1-2-8-20(18)22)13-17-5-4-12-29(15-17)24-21-10-11-25-23(21)27-16-28-24/h3,7,9-11,16-17,26H,1-2,4-6,8,12-15H2,(H,25,27,28)/t17-/m0/s1. The maximum absolute atomic E-state index is 12.8. The van der Waals surface area contributed by atoms with E-state index in [2.05, 4.69) is 43.4 Å². The van der Waals surface area contributed by atoms with Gasteiger partial charge < -0.3 is 15.2 Å². The normalized spacial score (nSPS) is 18.9. The van der Waals surface area contributed by atoms with Crippen LogP contribution in [-0.4, -0.2) is 40.4 Å². The van der Waals surface area contributed by atoms with Crippen LogP contribution >= 0.6 is 0 Å². The Hall–Kier alpha value is -2.89. The van der Waals surface area contributed by atoms with Gasteiger partial charge in [0.25, 0.3) is 0 Å². The molecule has 5 rings (SSSR count). The van der Waals surface area contributed by atoms with E-state index in [0.29, 0.717) is 24.7 Å². The number of fused-ring (bicyclic) bond motifs is 2. The second-order valence-corrected chi connectivity index (χ2v) is 8.64. The van der Waals surface area contributed by atoms with Crippen LogP contribution in [0, 0.1) is 5.92 Å². The zero-order valence-electron chi connectivity index (χ0n) is 17.4. The third-order valence-corrected chi connectivity index (χ3v) is 6.54. The SMILES string of the molecule is O=C(CNc1cccc2c1CCCC2)C[C@@H]1CCCN(c2ncnc3[nH]ccc23)C1. The molecule has 3 aromatic rings. The third kappa shape index (κ3) is 3.91. The third-order valence-electron chi connectivity index (χ3n) is 6.54. The van der Waals surface area contributed by atoms with Crippen molar-refractivity contribution in [2.24, 2.45) is 5.92 Å². The van der Waals surface area contributed by atoms with Crippen molar-refractivity contribution in [3.8, 4) is 0 Å². The summed E-state index contributed by atoms with van der Waals surface area (Å²) in [6.45, 7) is 2.28. The van der Waals surface area contributed by atoms with Crippen LogP contribution in [-0.2, 0) is 17.6 Å². The van der Waals surface area contributed by atoms with Gasteiger partial charge in [-0.25, -0.2) is 9.97 Å². The number of aromatic amines is 1. The van der Waals surface area contributed by atoms with Gasteiger partial charge in [0.05, 0.1) is 11.9 Å². The monoisotopic (exact) mass is 403 g/mol. The molecule has 0 unspecified atom stereocenters. The lowest BCUT2D eigenvalue weighted by Gasteiger charge is -2.33. The van der Waals surface area contributed by atoms with Gasteiger partial charge in [0.2, 0.25) is 0 Å². The van der Waals surface area contributed by atoms with Crippen molar-refractivity contribution < 1.29 is 4.79 Å². The lowest BCUT2D eigenvalue weighted by molar-refractivity contribution is -0.118. The summed E-state index contributed by atoms with van der Waals surface area (Å²) in [6, 6.07) is 8.49. The molecule has 1 fully saturated rings. The zero-order valence-corrected chi connectivity index (χ0v) is 17.4. The molecule has 0 bridgehead atoms. The van der Waals surface area contributed by atoms with Crippen molar-refractivity contribution in [3.05, 3.63) is 47.9 Å². The fourth-order valence-corrected chi connectivity index (χ4v) is 5.07. The molecule has 0 radical (unpaired) electrons. The first-order valence-electron chi connectivity index (χ1n) is 11.2. The fraction of sp³-hybridized carbons (Fsp3) is 0.458. The second kappa shape index (κ2) is 8.46. The highest BCUT2D eigenvalue weighted by atomic mass is 16.1. The van der Waals surface area contributed by atoms with E-state index in [9.17, 15) is 4.79 Å². The number of carbonyl (C=O) groups excluding carboxylic acids is 1. The van der Waals surface area contributed by atoms with Gasteiger partial charge in [-0.05, 0) is 67.7 Å². The minimum Gasteiger partial charge on any atom is -0.378 e. The van der Waals surface area contributed by atoms with Crippen LogP contribution in [0.4, 0.5) is 11.5 Å². The van der Waals surface area contributed by atoms with Gasteiger partial charge >= 0.3 is 0 Å². The van der Waals surface area contributed by atoms with Crippen molar-refractivity contribution in [2.75, 3.05) is 29.9 Å². The van der Waals surface area contributed by atoms with E-state index in [1.54, 1.807) is 6.33 Å². The summed E-state index contributed by atoms with van der Waals surface area (Å²) >= 11 is 0. The van der Waals surface area contributed by atoms with Crippen molar-refractivity contribution in [3.63, 3.8) is 0 Å². The fourth-order valence-electron chi connectivity index (χ4n) is 5.07. The van der Waals surface area contributed by atoms with Gasteiger partial charge in [0, 0.05) is 31.4 Å². The molecule has 1 saturated heterocycles. The van der Waals surface area contributed by atoms with Crippen LogP contribution < -0.4 is 10.2 Å². The van der Waals surface area contributed by atoms with E-state index in [0.717, 1.165) is 61.3 Å². The number of hydrogen-bond donors (Lipinski definition) is 2. The van der Waals surface area contributed by atoms with Crippen LogP contribution in [0.15, 0.2) is 36.8 Å². The first kappa shape index (κ1) is 19.1. The summed E-state index contributed by atoms with van der Waals surface area (Å²) in [5, 5.41) is 4.49. The Morgan fingerprint density at radius 1 is 1.17 bits per heavy atom. The molecule has 1 aliphatic carbocycles. The number of aryl methyl sites for hydroxylation is 1. The number of hydrogen-bond acceptors (Lipinski definition) is 5. The number of rotatable bonds is 6. The van der Waals surface area contributed by atoms with E-state index < -0.39 is 0 Å². The summed E-state index contributed by atoms with van der Waals surface area (Å²) in [4.78, 5) is 27.1. The molecule has 0 saturated carbocycles. The lowest BCUT2D eigenvalue weighted by Crippen LogP contribution is -2.37. The van der Waals surface area contributed by atoms with E-state index in [4.69, 9.17) is 0 Å². The minimum atomic E-state index is 0.296. The summed E-state index contributed by atoms with van der Waals surface area (Å²) < 4.78 is 0. The van der Waals surface area contributed by atoms with E-state index in [-0.39, 0.29) is 0 Å². The largest absolute Gasteiger partial charge is 0.378 e. The first-order valence-corrected chi connectivity index (χ1v) is 11.2. The van der Waals surface area contributed by atoms with Crippen LogP contribution in [0.2, 0.25) is 0 Å². The topological polar surface area (TPSA) is 73.9 Å². The Morgan fingerprint density at radius 2 is 2.10 bits per heavy atom. The highest BCUT2D eigenvalue weighted by Crippen LogP contribution is 2.29. The maximum Gasteiger partial charge on any atom is 0.152 e. The molecule has 0 amide bonds. The number of anilines is 2. The van der Waals surface area contributed by atoms with Gasteiger partial charge in [0.15, 0.2) is 5.78 Å². The van der Waals surface area contributed by atoms with Gasteiger partial charge in [-0.2, -0.15) is 0 Å². The van der Waals surface area contributed by atoms with Crippen LogP contribution in [0.25, 0.3) is 11.0 Å². The molecule has 2 aliphatic rings. The number of nitrogens with zero attached hydrogens (tertiary/aromatic N) is 3. The van der Waals surface area contributed by atoms with Gasteiger partial charge in [0.1, 0.15) is 17.8 Å². The number of piperidine rings is 1. The minimum absolute atomic E-state index is 0.296. The molecular formula is C24H29N5O. The molecule has 156 valence electrons. The Kier molecular flexibility index (Phi) is 5.39. The highest BCUT2D eigenvalue weighted by Gasteiger charge is 2.24. The Balaban J connectivity index is 1.20. The van der Waals surface area contributed by atoms with Crippen LogP contribution in [0.5, 0.6) is 0 Å². The number of benzene rings is 1. The lowest BCUT2D eigenvalue weighted by atomic mass is 9.90. The van der Waals surface area contributed by atoms with Crippen LogP contribution in [0.3, 0.4) is 0 Å². The van der Waals surface area contributed by atoms with Gasteiger partial charge in [-0.15, -0.1) is 0 Å². The summed E-state index contributed by atoms with van der Waals surface area (Å²) in [6.07, 6.45) is 11.1. The van der Waals surface area contributed by atoms with Crippen molar-refractivity contribution in [1.82, 2.24) is 15.0 Å². The summed E-state index contributed by atoms with van der Waals surface area (Å²) in [5.74, 6) is 1.65. The van der Waals surface area contributed by atoms with Crippen molar-refractivity contribution in [2.45, 2.75) is 44.9 Å². The molecule has 2 N–H and O–H groups in total. The smallest absolute Gasteiger partial charge is 0.152 e. The molecule has 1 atom stereocenters. The van der Waals surface area contributed by atoms with Crippen molar-refractivity contribution in [1.29, 1.82) is 0 Å². The van der Waals surface area contributed by atoms with E-state index in [1.807, 2.05) is 12.3 Å². The number of ketones is 1. The predicted molar refractivity (Wildman–Crippen MR) is 120 cm³/mol. The highest BCUT2D eigenvalue weighted by molar-refractivity contribution is 5.87. The molecule has 2 aromatic heterocycles. The molecule has 0 spiro atoms. The van der Waals surface area contributed by atoms with E-state index >= 15 is 0 Å². The van der Waals surface area contributed by atoms with Crippen LogP contribution in [0.1, 0.15) is 43.2 Å². The molecular weight excluding hydrogens is 374 g/mol. The Morgan fingerprint density at radius 3 is 3.07 bits per heavy atom. The number of aromatic nitrogens is 3. The number of Topliss-reactive ketones (excluding diaryl/α,β-unsaturated/α-hetero) is 1. The average Bonchev–Trinajstić information content (AvgIpc) is 3.27. The number of nitrogens with one attached hydrogen (secondary N) is 2. The second-order valence-electron chi connectivity index (χ2n) is 8.64. The molecule has 3 heterocycles. The maximum atomic E-state index is 12.8. The number of H-pyrrole nitrogens is 1. The number of carbonyl (C=O) groups is 1. The first-order chi connectivity index (χ1) is 14.8. The van der Waals surface area contributed by atoms with Crippen molar-refractivity contribution >= 4 is 28.3 Å². The quantitative estimate of drug-likeness (QED) is 0.648. The molecule has 6 nitrogen and oxygen atoms in total. The molecule has 30 heavy (non-hydrogen) atoms.